The van der Waals surface area contributed by atoms with E-state index in [1.165, 1.54) is 0 Å². The lowest BCUT2D eigenvalue weighted by atomic mass is 10.0. The van der Waals surface area contributed by atoms with E-state index in [1.54, 1.807) is 39.2 Å². The highest BCUT2D eigenvalue weighted by Crippen LogP contribution is 2.38. The summed E-state index contributed by atoms with van der Waals surface area (Å²) in [5, 5.41) is 10.7. The number of hydrogen-bond donors (Lipinski definition) is 1. The molecule has 188 valence electrons. The van der Waals surface area contributed by atoms with Gasteiger partial charge in [-0.25, -0.2) is 15.0 Å². The average molecular weight is 514 g/mol. The molecule has 0 fully saturated rings. The van der Waals surface area contributed by atoms with Gasteiger partial charge in [-0.05, 0) is 62.7 Å². The third-order valence-corrected chi connectivity index (χ3v) is 6.69. The minimum atomic E-state index is -2.95. The summed E-state index contributed by atoms with van der Waals surface area (Å²) in [7, 11) is 1.94. The summed E-state index contributed by atoms with van der Waals surface area (Å²) < 4.78 is 33.7. The number of fused-ring (bicyclic) bond motifs is 4. The van der Waals surface area contributed by atoms with Crippen molar-refractivity contribution in [3.05, 3.63) is 70.0 Å². The summed E-state index contributed by atoms with van der Waals surface area (Å²) in [6.45, 7) is 3.36. The lowest BCUT2D eigenvalue weighted by molar-refractivity contribution is -0.0510. The Kier molecular flexibility index (Phi) is 6.18. The number of aliphatic hydroxyl groups is 1. The number of halogens is 3. The number of ether oxygens (including phenoxy) is 1. The average Bonchev–Trinajstić information content (AvgIpc) is 3.12. The predicted octanol–water partition coefficient (Wildman–Crippen LogP) is 5.28. The molecule has 36 heavy (non-hydrogen) atoms. The van der Waals surface area contributed by atoms with Crippen molar-refractivity contribution in [1.82, 2.24) is 24.4 Å². The van der Waals surface area contributed by atoms with E-state index in [2.05, 4.69) is 9.97 Å². The minimum Gasteiger partial charge on any atom is -0.434 e. The second-order valence-corrected chi connectivity index (χ2v) is 10.1. The Morgan fingerprint density at radius 2 is 1.78 bits per heavy atom. The van der Waals surface area contributed by atoms with Gasteiger partial charge >= 0.3 is 6.61 Å². The zero-order valence-corrected chi connectivity index (χ0v) is 21.1. The van der Waals surface area contributed by atoms with E-state index < -0.39 is 12.2 Å². The van der Waals surface area contributed by atoms with Gasteiger partial charge in [-0.15, -0.1) is 0 Å². The van der Waals surface area contributed by atoms with Crippen LogP contribution in [0.4, 0.5) is 8.78 Å². The lowest BCUT2D eigenvalue weighted by Crippen LogP contribution is -2.25. The summed E-state index contributed by atoms with van der Waals surface area (Å²) in [4.78, 5) is 15.5. The maximum atomic E-state index is 13.3. The molecule has 0 amide bonds. The Hall–Kier alpha value is -3.14. The molecule has 1 N–H and O–H groups in total. The van der Waals surface area contributed by atoms with Crippen LogP contribution in [0.5, 0.6) is 5.75 Å². The maximum Gasteiger partial charge on any atom is 0.387 e. The van der Waals surface area contributed by atoms with Crippen LogP contribution in [0, 0.1) is 6.92 Å². The fourth-order valence-corrected chi connectivity index (χ4v) is 4.96. The van der Waals surface area contributed by atoms with Gasteiger partial charge in [-0.3, -0.25) is 4.90 Å². The maximum absolute atomic E-state index is 13.3. The molecule has 4 aromatic rings. The van der Waals surface area contributed by atoms with Gasteiger partial charge in [-0.2, -0.15) is 8.78 Å². The van der Waals surface area contributed by atoms with Crippen LogP contribution < -0.4 is 4.74 Å². The molecule has 2 aromatic carbocycles. The molecule has 2 aromatic heterocycles. The zero-order chi connectivity index (χ0) is 25.8. The molecular weight excluding hydrogens is 488 g/mol. The van der Waals surface area contributed by atoms with Crippen molar-refractivity contribution in [2.45, 2.75) is 52.6 Å². The molecule has 0 saturated carbocycles. The van der Waals surface area contributed by atoms with Crippen LogP contribution in [0.25, 0.3) is 22.2 Å². The number of benzene rings is 2. The number of aryl methyl sites for hydroxylation is 1. The van der Waals surface area contributed by atoms with E-state index in [0.717, 1.165) is 33.5 Å². The molecule has 5 rings (SSSR count). The lowest BCUT2D eigenvalue weighted by Gasteiger charge is -2.27. The number of rotatable bonds is 4. The molecule has 0 saturated heterocycles. The molecule has 1 aliphatic heterocycles. The van der Waals surface area contributed by atoms with Crippen molar-refractivity contribution in [3.8, 4) is 16.9 Å². The molecule has 0 radical (unpaired) electrons. The van der Waals surface area contributed by atoms with E-state index in [9.17, 15) is 13.9 Å². The zero-order valence-electron chi connectivity index (χ0n) is 20.4. The van der Waals surface area contributed by atoms with Crippen LogP contribution in [0.15, 0.2) is 36.7 Å². The van der Waals surface area contributed by atoms with Gasteiger partial charge in [0.2, 0.25) is 0 Å². The molecule has 7 nitrogen and oxygen atoms in total. The smallest absolute Gasteiger partial charge is 0.387 e. The van der Waals surface area contributed by atoms with E-state index in [1.807, 2.05) is 34.7 Å². The number of aromatic nitrogens is 4. The molecule has 10 heteroatoms. The SMILES string of the molecule is Cc1cc(Cl)c2c(c1OC(F)F)Cn1c(nc3ccc(-c4cnc(C(C)(C)O)nc4)cc31)CN(C)C2. The topological polar surface area (TPSA) is 76.3 Å². The molecule has 0 atom stereocenters. The van der Waals surface area contributed by atoms with Crippen LogP contribution >= 0.6 is 11.6 Å². The van der Waals surface area contributed by atoms with Crippen LogP contribution in [0.2, 0.25) is 5.02 Å². The Bertz CT molecular complexity index is 1430. The molecule has 0 spiro atoms. The number of alkyl halides is 2. The molecular formula is C26H26ClF2N5O2. The van der Waals surface area contributed by atoms with Crippen molar-refractivity contribution >= 4 is 22.6 Å². The Morgan fingerprint density at radius 3 is 2.44 bits per heavy atom. The van der Waals surface area contributed by atoms with Crippen molar-refractivity contribution in [3.63, 3.8) is 0 Å². The monoisotopic (exact) mass is 513 g/mol. The van der Waals surface area contributed by atoms with E-state index in [4.69, 9.17) is 21.3 Å². The van der Waals surface area contributed by atoms with E-state index >= 15 is 0 Å². The van der Waals surface area contributed by atoms with Gasteiger partial charge in [0.25, 0.3) is 0 Å². The summed E-state index contributed by atoms with van der Waals surface area (Å²) in [5.74, 6) is 1.30. The molecule has 0 aliphatic carbocycles. The van der Waals surface area contributed by atoms with Crippen molar-refractivity contribution in [2.24, 2.45) is 0 Å². The van der Waals surface area contributed by atoms with E-state index in [-0.39, 0.29) is 12.3 Å². The normalized spacial score (nSPS) is 14.5. The first kappa shape index (κ1) is 24.5. The summed E-state index contributed by atoms with van der Waals surface area (Å²) in [6.07, 6.45) is 3.35. The van der Waals surface area contributed by atoms with Crippen LogP contribution in [-0.2, 0) is 25.2 Å². The van der Waals surface area contributed by atoms with Crippen LogP contribution in [-0.4, -0.2) is 43.2 Å². The Morgan fingerprint density at radius 1 is 1.06 bits per heavy atom. The minimum absolute atomic E-state index is 0.152. The second-order valence-electron chi connectivity index (χ2n) is 9.68. The van der Waals surface area contributed by atoms with Crippen molar-refractivity contribution in [2.75, 3.05) is 7.05 Å². The van der Waals surface area contributed by atoms with E-state index in [0.29, 0.717) is 35.1 Å². The van der Waals surface area contributed by atoms with Gasteiger partial charge < -0.3 is 14.4 Å². The van der Waals surface area contributed by atoms with Gasteiger partial charge in [0.1, 0.15) is 17.2 Å². The third-order valence-electron chi connectivity index (χ3n) is 6.35. The summed E-state index contributed by atoms with van der Waals surface area (Å²) in [6, 6.07) is 7.53. The van der Waals surface area contributed by atoms with Crippen LogP contribution in [0.1, 0.15) is 42.2 Å². The highest BCUT2D eigenvalue weighted by atomic mass is 35.5. The highest BCUT2D eigenvalue weighted by molar-refractivity contribution is 6.31. The number of nitrogens with zero attached hydrogens (tertiary/aromatic N) is 5. The number of imidazole rings is 1. The Balaban J connectivity index is 1.65. The summed E-state index contributed by atoms with van der Waals surface area (Å²) >= 11 is 6.59. The van der Waals surface area contributed by atoms with Gasteiger partial charge in [0.15, 0.2) is 5.82 Å². The second kappa shape index (κ2) is 9.06. The predicted molar refractivity (Wildman–Crippen MR) is 133 cm³/mol. The molecule has 0 bridgehead atoms. The first-order valence-corrected chi connectivity index (χ1v) is 11.9. The van der Waals surface area contributed by atoms with Crippen molar-refractivity contribution in [1.29, 1.82) is 0 Å². The largest absolute Gasteiger partial charge is 0.434 e. The first-order valence-electron chi connectivity index (χ1n) is 11.5. The van der Waals surface area contributed by atoms with Gasteiger partial charge in [0, 0.05) is 35.1 Å². The first-order chi connectivity index (χ1) is 17.0. The van der Waals surface area contributed by atoms with Crippen molar-refractivity contribution < 1.29 is 18.6 Å². The van der Waals surface area contributed by atoms with Gasteiger partial charge in [-0.1, -0.05) is 17.7 Å². The molecule has 1 aliphatic rings. The number of hydrogen-bond acceptors (Lipinski definition) is 6. The fraction of sp³-hybridized carbons (Fsp3) is 0.346. The molecule has 0 unspecified atom stereocenters. The standard InChI is InChI=1S/C26H26ClF2N5O2/c1-14-7-19(27)17-11-33(4)13-22-32-20-6-5-15(16-9-30-24(31-10-16)26(2,3)35)8-21(20)34(22)12-18(17)23(14)36-25(28)29/h5-10,25,35H,11-13H2,1-4H3. The van der Waals surface area contributed by atoms with Crippen LogP contribution in [0.3, 0.4) is 0 Å². The Labute approximate surface area is 212 Å². The molecule has 3 heterocycles. The highest BCUT2D eigenvalue weighted by Gasteiger charge is 2.26. The third kappa shape index (κ3) is 4.54. The van der Waals surface area contributed by atoms with Gasteiger partial charge in [0.05, 0.1) is 24.1 Å². The quantitative estimate of drug-likeness (QED) is 0.400. The summed E-state index contributed by atoms with van der Waals surface area (Å²) in [5.41, 5.74) is 4.08. The fourth-order valence-electron chi connectivity index (χ4n) is 4.62.